The van der Waals surface area contributed by atoms with Gasteiger partial charge in [0.1, 0.15) is 12.1 Å². The molecule has 3 aliphatic rings. The maximum absolute atomic E-state index is 13.6. The van der Waals surface area contributed by atoms with Crippen LogP contribution in [-0.2, 0) is 54.7 Å². The van der Waals surface area contributed by atoms with Crippen LogP contribution in [0.3, 0.4) is 0 Å². The fraction of sp³-hybridized carbons (Fsp3) is 0.608. The Kier molecular flexibility index (Phi) is 21.3. The largest absolute Gasteiger partial charge is 0.458 e. The number of aryl methyl sites for hydroxylation is 1. The quantitative estimate of drug-likeness (QED) is 0.0529. The molecule has 72 heavy (non-hydrogen) atoms. The van der Waals surface area contributed by atoms with Crippen LogP contribution in [-0.4, -0.2) is 144 Å². The molecule has 396 valence electrons. The highest BCUT2D eigenvalue weighted by molar-refractivity contribution is 8.03. The van der Waals surface area contributed by atoms with Gasteiger partial charge in [0.2, 0.25) is 33.5 Å². The molecule has 21 heteroatoms. The first-order chi connectivity index (χ1) is 34.1. The number of aliphatic hydroxyl groups is 1. The predicted octanol–water partition coefficient (Wildman–Crippen LogP) is 4.26. The molecule has 1 unspecified atom stereocenters. The summed E-state index contributed by atoms with van der Waals surface area (Å²) >= 11 is 1.64. The van der Waals surface area contributed by atoms with Gasteiger partial charge in [0, 0.05) is 89.9 Å². The summed E-state index contributed by atoms with van der Waals surface area (Å²) in [6.45, 7) is 13.4. The number of likely N-dealkylation sites (tertiary alicyclic amines) is 1. The second-order valence-corrected chi connectivity index (χ2v) is 22.8. The number of hydrogen-bond donors (Lipinski definition) is 5. The highest BCUT2D eigenvalue weighted by atomic mass is 32.2. The van der Waals surface area contributed by atoms with E-state index in [-0.39, 0.29) is 73.7 Å². The maximum Gasteiger partial charge on any atom is 0.329 e. The van der Waals surface area contributed by atoms with Gasteiger partial charge in [0.05, 0.1) is 31.1 Å². The number of thioether (sulfide) groups is 1. The Balaban J connectivity index is 1.03. The molecule has 0 radical (unpaired) electrons. The molecular weight excluding hydrogens is 967 g/mol. The van der Waals surface area contributed by atoms with Crippen LogP contribution >= 0.6 is 11.8 Å². The summed E-state index contributed by atoms with van der Waals surface area (Å²) in [5, 5.41) is 18.9. The Morgan fingerprint density at radius 3 is 2.54 bits per heavy atom. The number of nitrogens with zero attached hydrogens (tertiary/aromatic N) is 3. The van der Waals surface area contributed by atoms with Gasteiger partial charge in [-0.2, -0.15) is 0 Å². The Bertz CT molecular complexity index is 2400. The van der Waals surface area contributed by atoms with Crippen molar-refractivity contribution in [3.8, 4) is 0 Å². The summed E-state index contributed by atoms with van der Waals surface area (Å²) in [6.07, 6.45) is 5.93. The van der Waals surface area contributed by atoms with Crippen LogP contribution in [0.15, 0.2) is 59.4 Å². The average Bonchev–Trinajstić information content (AvgIpc) is 3.91. The third kappa shape index (κ3) is 16.4. The van der Waals surface area contributed by atoms with E-state index in [9.17, 15) is 47.1 Å². The smallest absolute Gasteiger partial charge is 0.329 e. The van der Waals surface area contributed by atoms with Crippen LogP contribution in [0.4, 0.5) is 5.69 Å². The first-order valence-electron chi connectivity index (χ1n) is 24.9. The van der Waals surface area contributed by atoms with Crippen molar-refractivity contribution in [1.29, 1.82) is 0 Å². The van der Waals surface area contributed by atoms with Crippen molar-refractivity contribution in [2.45, 2.75) is 148 Å². The van der Waals surface area contributed by atoms with Crippen molar-refractivity contribution < 1.29 is 56.6 Å². The lowest BCUT2D eigenvalue weighted by atomic mass is 9.84. The fourth-order valence-electron chi connectivity index (χ4n) is 9.09. The molecule has 5 rings (SSSR count). The molecule has 0 bridgehead atoms. The average molecular weight is 1040 g/mol. The first kappa shape index (κ1) is 57.7. The summed E-state index contributed by atoms with van der Waals surface area (Å²) in [7, 11) is -4.14. The molecule has 7 atom stereocenters. The molecule has 2 fully saturated rings. The fourth-order valence-corrected chi connectivity index (χ4v) is 11.6. The Hall–Kier alpha value is -5.22. The summed E-state index contributed by atoms with van der Waals surface area (Å²) < 4.78 is 39.6. The van der Waals surface area contributed by atoms with E-state index in [1.165, 1.54) is 30.0 Å². The number of amides is 5. The van der Waals surface area contributed by atoms with Crippen LogP contribution in [0.2, 0.25) is 0 Å². The standard InChI is InChI=1S/C51H73N7O12S2/c1-8-51(6,7)46(62)49(65)57-23-10-9-17-42(57)50(66)70-39(20-19-36-14-12-21-52-29-36)31-69-24-22-53-44(61)18-13-25-72(67,68)56-47(63)37-15-11-16-38(27-37)55-48(64)41-28-40(30-54-41)71-45-33(3)43(26-32(2)59)58(34(45)4)35(5)60/h11-12,14-16,21,27,29,32-33,39-43,54,59H,8-10,13,17-20,22-26,28,30-31H2,1-7H3,(H,53,61)(H,55,64)(H,56,63)/t32-,33-,39-,40+,41+,42?,43+/m1/s1. The van der Waals surface area contributed by atoms with E-state index in [0.717, 1.165) is 16.2 Å². The molecule has 5 amide bonds. The zero-order chi connectivity index (χ0) is 52.8. The molecular formula is C51H73N7O12S2. The molecule has 1 aromatic heterocycles. The number of ether oxygens (including phenoxy) is 2. The van der Waals surface area contributed by atoms with Crippen LogP contribution in [0, 0.1) is 11.3 Å². The van der Waals surface area contributed by atoms with E-state index < -0.39 is 75.0 Å². The highest BCUT2D eigenvalue weighted by Crippen LogP contribution is 2.45. The molecule has 3 aliphatic heterocycles. The minimum Gasteiger partial charge on any atom is -0.458 e. The van der Waals surface area contributed by atoms with Gasteiger partial charge in [0.25, 0.3) is 11.8 Å². The van der Waals surface area contributed by atoms with E-state index in [0.29, 0.717) is 63.6 Å². The number of hydrogen-bond acceptors (Lipinski definition) is 15. The normalized spacial score (nSPS) is 21.2. The van der Waals surface area contributed by atoms with Gasteiger partial charge in [-0.3, -0.25) is 33.8 Å². The summed E-state index contributed by atoms with van der Waals surface area (Å²) in [4.78, 5) is 99.8. The molecule has 0 spiro atoms. The number of ketones is 1. The number of allylic oxidation sites excluding steroid dienone is 1. The molecule has 19 nitrogen and oxygen atoms in total. The van der Waals surface area contributed by atoms with Gasteiger partial charge in [-0.25, -0.2) is 17.9 Å². The number of sulfonamides is 1. The zero-order valence-corrected chi connectivity index (χ0v) is 44.2. The zero-order valence-electron chi connectivity index (χ0n) is 42.6. The highest BCUT2D eigenvalue weighted by Gasteiger charge is 2.43. The van der Waals surface area contributed by atoms with Crippen LogP contribution in [0.1, 0.15) is 122 Å². The van der Waals surface area contributed by atoms with Gasteiger partial charge in [-0.1, -0.05) is 39.8 Å². The maximum atomic E-state index is 13.6. The number of aromatic nitrogens is 1. The van der Waals surface area contributed by atoms with E-state index in [1.54, 1.807) is 62.0 Å². The third-order valence-corrected chi connectivity index (χ3v) is 16.4. The van der Waals surface area contributed by atoms with Gasteiger partial charge >= 0.3 is 5.97 Å². The van der Waals surface area contributed by atoms with Crippen molar-refractivity contribution in [2.24, 2.45) is 11.3 Å². The minimum absolute atomic E-state index is 0.00417. The van der Waals surface area contributed by atoms with Gasteiger partial charge in [0.15, 0.2) is 0 Å². The summed E-state index contributed by atoms with van der Waals surface area (Å²) in [5.74, 6) is -4.05. The summed E-state index contributed by atoms with van der Waals surface area (Å²) in [5.41, 5.74) is 1.23. The van der Waals surface area contributed by atoms with Gasteiger partial charge in [-0.05, 0) is 101 Å². The lowest BCUT2D eigenvalue weighted by Crippen LogP contribution is -2.53. The number of piperidine rings is 1. The lowest BCUT2D eigenvalue weighted by molar-refractivity contribution is -0.166. The van der Waals surface area contributed by atoms with Gasteiger partial charge < -0.3 is 40.3 Å². The molecule has 2 saturated heterocycles. The Morgan fingerprint density at radius 2 is 1.85 bits per heavy atom. The lowest BCUT2D eigenvalue weighted by Gasteiger charge is -2.36. The Labute approximate surface area is 427 Å². The number of rotatable bonds is 25. The topological polar surface area (TPSA) is 260 Å². The molecule has 0 saturated carbocycles. The number of carbonyl (C=O) groups excluding carboxylic acids is 7. The number of Topliss-reactive ketones (excluding diaryl/α,β-unsaturated/α-hetero) is 1. The summed E-state index contributed by atoms with van der Waals surface area (Å²) in [6, 6.07) is 8.03. The molecule has 1 aromatic carbocycles. The number of anilines is 1. The van der Waals surface area contributed by atoms with Crippen molar-refractivity contribution >= 4 is 68.8 Å². The van der Waals surface area contributed by atoms with E-state index in [2.05, 4.69) is 27.9 Å². The number of esters is 1. The number of nitrogens with one attached hydrogen (secondary N) is 4. The second-order valence-electron chi connectivity index (χ2n) is 19.6. The second kappa shape index (κ2) is 26.6. The van der Waals surface area contributed by atoms with Crippen molar-refractivity contribution in [3.63, 3.8) is 0 Å². The van der Waals surface area contributed by atoms with E-state index in [4.69, 9.17) is 9.47 Å². The van der Waals surface area contributed by atoms with Crippen molar-refractivity contribution in [3.05, 3.63) is 70.5 Å². The van der Waals surface area contributed by atoms with E-state index in [1.807, 2.05) is 24.6 Å². The molecule has 4 heterocycles. The molecule has 5 N–H and O–H groups in total. The number of aliphatic hydroxyl groups excluding tert-OH is 1. The first-order valence-corrected chi connectivity index (χ1v) is 27.5. The Morgan fingerprint density at radius 1 is 1.08 bits per heavy atom. The van der Waals surface area contributed by atoms with Crippen molar-refractivity contribution in [1.82, 2.24) is 30.1 Å². The van der Waals surface area contributed by atoms with Gasteiger partial charge in [-0.15, -0.1) is 11.8 Å². The molecule has 0 aliphatic carbocycles. The van der Waals surface area contributed by atoms with E-state index >= 15 is 0 Å². The van der Waals surface area contributed by atoms with Crippen molar-refractivity contribution in [2.75, 3.05) is 43.9 Å². The predicted molar refractivity (Wildman–Crippen MR) is 273 cm³/mol. The van der Waals surface area contributed by atoms with Crippen LogP contribution < -0.4 is 20.7 Å². The minimum atomic E-state index is -4.14. The molecule has 2 aromatic rings. The third-order valence-electron chi connectivity index (χ3n) is 13.5. The monoisotopic (exact) mass is 1040 g/mol. The van der Waals surface area contributed by atoms with Crippen LogP contribution in [0.5, 0.6) is 0 Å². The van der Waals surface area contributed by atoms with Crippen LogP contribution in [0.25, 0.3) is 0 Å². The number of pyridine rings is 1. The number of carbonyl (C=O) groups is 7. The SMILES string of the molecule is CCC(C)(C)C(=O)C(=O)N1CCCCC1C(=O)O[C@H](CCc1cccnc1)COCCNC(=O)CCCS(=O)(=O)NC(=O)c1cccc(NC(=O)[C@@H]2C[C@H](SC3=C(C)N(C(C)=O)[C@@H](C[C@@H](C)O)[C@H]3C)CN2)c1. The number of benzene rings is 1.